The number of amides is 1. The number of nitrogens with one attached hydrogen (secondary N) is 2. The van der Waals surface area contributed by atoms with Crippen molar-refractivity contribution in [3.8, 4) is 0 Å². The van der Waals surface area contributed by atoms with Crippen molar-refractivity contribution in [1.82, 2.24) is 5.43 Å². The second-order valence-electron chi connectivity index (χ2n) is 5.44. The number of hydrogen-bond donors (Lipinski definition) is 2. The molecule has 2 aromatic carbocycles. The van der Waals surface area contributed by atoms with E-state index in [-0.39, 0.29) is 12.5 Å². The van der Waals surface area contributed by atoms with Crippen molar-refractivity contribution in [2.24, 2.45) is 5.10 Å². The number of fused-ring (bicyclic) bond motifs is 1. The molecular formula is C19H17N3O3. The largest absolute Gasteiger partial charge is 0.422 e. The molecule has 0 aliphatic rings. The molecule has 0 spiro atoms. The van der Waals surface area contributed by atoms with Gasteiger partial charge in [-0.3, -0.25) is 4.79 Å². The lowest BCUT2D eigenvalue weighted by molar-refractivity contribution is -0.119. The first-order valence-corrected chi connectivity index (χ1v) is 7.79. The zero-order chi connectivity index (χ0) is 17.6. The summed E-state index contributed by atoms with van der Waals surface area (Å²) in [5.41, 5.74) is 4.00. The Balaban J connectivity index is 1.68. The van der Waals surface area contributed by atoms with Crippen LogP contribution in [-0.2, 0) is 4.79 Å². The molecule has 0 unspecified atom stereocenters. The van der Waals surface area contributed by atoms with Gasteiger partial charge in [-0.05, 0) is 31.2 Å². The van der Waals surface area contributed by atoms with Crippen LogP contribution in [0.25, 0.3) is 11.0 Å². The number of nitrogens with zero attached hydrogens (tertiary/aromatic N) is 1. The van der Waals surface area contributed by atoms with E-state index in [0.717, 1.165) is 11.1 Å². The summed E-state index contributed by atoms with van der Waals surface area (Å²) in [6, 6.07) is 18.3. The molecule has 0 aliphatic heterocycles. The van der Waals surface area contributed by atoms with Crippen molar-refractivity contribution in [1.29, 1.82) is 0 Å². The molecule has 3 aromatic rings. The predicted octanol–water partition coefficient (Wildman–Crippen LogP) is 2.75. The number of hydrogen-bond acceptors (Lipinski definition) is 5. The molecule has 1 amide bonds. The van der Waals surface area contributed by atoms with Gasteiger partial charge in [0.05, 0.1) is 17.8 Å². The summed E-state index contributed by atoms with van der Waals surface area (Å²) < 4.78 is 5.26. The Morgan fingerprint density at radius 3 is 2.60 bits per heavy atom. The Labute approximate surface area is 144 Å². The predicted molar refractivity (Wildman–Crippen MR) is 97.8 cm³/mol. The summed E-state index contributed by atoms with van der Waals surface area (Å²) in [6.45, 7) is 1.72. The van der Waals surface area contributed by atoms with Gasteiger partial charge in [0.15, 0.2) is 0 Å². The first kappa shape index (κ1) is 16.4. The highest BCUT2D eigenvalue weighted by Gasteiger charge is 2.09. The van der Waals surface area contributed by atoms with E-state index >= 15 is 0 Å². The van der Waals surface area contributed by atoms with E-state index in [1.807, 2.05) is 42.5 Å². The first-order chi connectivity index (χ1) is 12.1. The Hall–Kier alpha value is -3.41. The molecule has 0 bridgehead atoms. The number of hydrazone groups is 1. The average molecular weight is 335 g/mol. The van der Waals surface area contributed by atoms with Gasteiger partial charge in [-0.25, -0.2) is 10.2 Å². The maximum absolute atomic E-state index is 12.1. The highest BCUT2D eigenvalue weighted by molar-refractivity contribution is 6.01. The fourth-order valence-corrected chi connectivity index (χ4v) is 2.30. The lowest BCUT2D eigenvalue weighted by Gasteiger charge is -2.06. The third-order valence-corrected chi connectivity index (χ3v) is 3.61. The number of benzene rings is 2. The summed E-state index contributed by atoms with van der Waals surface area (Å²) in [4.78, 5) is 23.9. The zero-order valence-electron chi connectivity index (χ0n) is 13.7. The van der Waals surface area contributed by atoms with Crippen LogP contribution < -0.4 is 16.4 Å². The average Bonchev–Trinajstić information content (AvgIpc) is 2.64. The molecule has 0 radical (unpaired) electrons. The molecule has 0 saturated carbocycles. The van der Waals surface area contributed by atoms with Crippen LogP contribution in [0, 0.1) is 0 Å². The summed E-state index contributed by atoms with van der Waals surface area (Å²) >= 11 is 0. The number of rotatable bonds is 5. The topological polar surface area (TPSA) is 83.7 Å². The van der Waals surface area contributed by atoms with Crippen molar-refractivity contribution < 1.29 is 9.21 Å². The van der Waals surface area contributed by atoms with E-state index in [2.05, 4.69) is 15.8 Å². The van der Waals surface area contributed by atoms with Crippen LogP contribution in [-0.4, -0.2) is 18.2 Å². The molecule has 3 rings (SSSR count). The fourth-order valence-electron chi connectivity index (χ4n) is 2.30. The third kappa shape index (κ3) is 4.11. The van der Waals surface area contributed by atoms with Crippen LogP contribution >= 0.6 is 0 Å². The smallest absolute Gasteiger partial charge is 0.345 e. The summed E-state index contributed by atoms with van der Waals surface area (Å²) in [5.74, 6) is -0.312. The molecule has 0 atom stereocenters. The fraction of sp³-hybridized carbons (Fsp3) is 0.105. The maximum Gasteiger partial charge on any atom is 0.345 e. The van der Waals surface area contributed by atoms with Crippen LogP contribution in [0.15, 0.2) is 75.0 Å². The summed E-state index contributed by atoms with van der Waals surface area (Å²) in [7, 11) is 0. The lowest BCUT2D eigenvalue weighted by Crippen LogP contribution is -2.27. The number of carbonyl (C=O) groups is 1. The molecule has 126 valence electrons. The van der Waals surface area contributed by atoms with Gasteiger partial charge in [0.1, 0.15) is 5.58 Å². The van der Waals surface area contributed by atoms with Crippen LogP contribution in [0.1, 0.15) is 12.5 Å². The van der Waals surface area contributed by atoms with Gasteiger partial charge < -0.3 is 9.73 Å². The first-order valence-electron chi connectivity index (χ1n) is 7.79. The number of carbonyl (C=O) groups excluding carboxylic acids is 1. The molecule has 2 N–H and O–H groups in total. The van der Waals surface area contributed by atoms with Gasteiger partial charge in [0, 0.05) is 11.1 Å². The Morgan fingerprint density at radius 2 is 1.80 bits per heavy atom. The van der Waals surface area contributed by atoms with Crippen molar-refractivity contribution in [2.75, 3.05) is 11.9 Å². The molecule has 25 heavy (non-hydrogen) atoms. The van der Waals surface area contributed by atoms with E-state index in [9.17, 15) is 9.59 Å². The van der Waals surface area contributed by atoms with Gasteiger partial charge in [0.25, 0.3) is 5.91 Å². The summed E-state index contributed by atoms with van der Waals surface area (Å²) in [5, 5.41) is 7.77. The van der Waals surface area contributed by atoms with E-state index in [0.29, 0.717) is 16.9 Å². The van der Waals surface area contributed by atoms with E-state index in [4.69, 9.17) is 4.42 Å². The van der Waals surface area contributed by atoms with Crippen molar-refractivity contribution in [3.05, 3.63) is 76.6 Å². The minimum absolute atomic E-state index is 0.0765. The highest BCUT2D eigenvalue weighted by atomic mass is 16.4. The molecule has 6 nitrogen and oxygen atoms in total. The highest BCUT2D eigenvalue weighted by Crippen LogP contribution is 2.12. The molecular weight excluding hydrogens is 318 g/mol. The second-order valence-corrected chi connectivity index (χ2v) is 5.44. The normalized spacial score (nSPS) is 11.3. The second kappa shape index (κ2) is 7.44. The van der Waals surface area contributed by atoms with Gasteiger partial charge >= 0.3 is 5.63 Å². The molecule has 1 heterocycles. The molecule has 6 heteroatoms. The number of para-hydroxylation sites is 2. The SMILES string of the molecule is C/C(=N/NC(=O)CNc1ccccc1)c1cc2ccccc2oc1=O. The van der Waals surface area contributed by atoms with E-state index < -0.39 is 5.63 Å². The van der Waals surface area contributed by atoms with Gasteiger partial charge in [-0.2, -0.15) is 5.10 Å². The quantitative estimate of drug-likeness (QED) is 0.427. The van der Waals surface area contributed by atoms with Crippen molar-refractivity contribution in [2.45, 2.75) is 6.92 Å². The third-order valence-electron chi connectivity index (χ3n) is 3.61. The molecule has 0 aliphatic carbocycles. The summed E-state index contributed by atoms with van der Waals surface area (Å²) in [6.07, 6.45) is 0. The van der Waals surface area contributed by atoms with Crippen LogP contribution in [0.4, 0.5) is 5.69 Å². The Kier molecular flexibility index (Phi) is 4.89. The van der Waals surface area contributed by atoms with Crippen LogP contribution in [0.3, 0.4) is 0 Å². The Morgan fingerprint density at radius 1 is 1.08 bits per heavy atom. The van der Waals surface area contributed by atoms with E-state index in [1.165, 1.54) is 0 Å². The minimum Gasteiger partial charge on any atom is -0.422 e. The van der Waals surface area contributed by atoms with E-state index in [1.54, 1.807) is 25.1 Å². The zero-order valence-corrected chi connectivity index (χ0v) is 13.7. The minimum atomic E-state index is -0.489. The van der Waals surface area contributed by atoms with Gasteiger partial charge in [0.2, 0.25) is 0 Å². The molecule has 0 fully saturated rings. The van der Waals surface area contributed by atoms with Crippen LogP contribution in [0.2, 0.25) is 0 Å². The molecule has 0 saturated heterocycles. The lowest BCUT2D eigenvalue weighted by atomic mass is 10.1. The standard InChI is InChI=1S/C19H17N3O3/c1-13(16-11-14-7-5-6-10-17(14)25-19(16)24)21-22-18(23)12-20-15-8-3-2-4-9-15/h2-11,20H,12H2,1H3,(H,22,23)/b21-13-. The Bertz CT molecular complexity index is 978. The number of anilines is 1. The maximum atomic E-state index is 12.1. The molecule has 1 aromatic heterocycles. The van der Waals surface area contributed by atoms with Crippen molar-refractivity contribution >= 4 is 28.3 Å². The monoisotopic (exact) mass is 335 g/mol. The van der Waals surface area contributed by atoms with Gasteiger partial charge in [-0.15, -0.1) is 0 Å². The van der Waals surface area contributed by atoms with Crippen LogP contribution in [0.5, 0.6) is 0 Å². The van der Waals surface area contributed by atoms with Gasteiger partial charge in [-0.1, -0.05) is 36.4 Å². The van der Waals surface area contributed by atoms with Crippen molar-refractivity contribution in [3.63, 3.8) is 0 Å².